The van der Waals surface area contributed by atoms with Gasteiger partial charge in [-0.15, -0.1) is 4.89 Å². The number of carbonyl (C=O) groups excluding carboxylic acids is 1. The fourth-order valence-electron chi connectivity index (χ4n) is 1.92. The first-order valence-electron chi connectivity index (χ1n) is 7.15. The number of aliphatic carboxylic acids is 1. The molecule has 1 aromatic rings. The highest BCUT2D eigenvalue weighted by Crippen LogP contribution is 2.38. The van der Waals surface area contributed by atoms with Gasteiger partial charge in [-0.3, -0.25) is 14.1 Å². The van der Waals surface area contributed by atoms with Crippen molar-refractivity contribution in [2.45, 2.75) is 25.2 Å². The third kappa shape index (κ3) is 8.70. The molecule has 0 heterocycles. The van der Waals surface area contributed by atoms with Gasteiger partial charge in [0.2, 0.25) is 0 Å². The van der Waals surface area contributed by atoms with Gasteiger partial charge in [-0.05, 0) is 24.1 Å². The molecule has 0 fully saturated rings. The van der Waals surface area contributed by atoms with Gasteiger partial charge in [-0.1, -0.05) is 16.7 Å². The van der Waals surface area contributed by atoms with Crippen LogP contribution in [0.25, 0.3) is 0 Å². The van der Waals surface area contributed by atoms with E-state index >= 15 is 0 Å². The summed E-state index contributed by atoms with van der Waals surface area (Å²) in [6.45, 7) is 0.0156. The van der Waals surface area contributed by atoms with Gasteiger partial charge in [-0.2, -0.15) is 0 Å². The lowest BCUT2D eigenvalue weighted by Crippen LogP contribution is -2.34. The zero-order valence-corrected chi connectivity index (χ0v) is 15.1. The highest BCUT2D eigenvalue weighted by Gasteiger charge is 2.42. The van der Waals surface area contributed by atoms with Crippen molar-refractivity contribution in [2.24, 2.45) is 0 Å². The molecule has 1 rings (SSSR count). The standard InChI is InChI=1S/C13H17NO10P2/c15-11(16)8-9-2-4-10(5-3-9)12(17)14-7-1-6-13(18,23-25(19)20)24-26(21)22/h2-5,18-20H,1,6-8H2,(H2-,14,15,16,17,21,22)/p+1. The molecule has 0 saturated heterocycles. The molecule has 1 amide bonds. The Balaban J connectivity index is 2.49. The molecule has 144 valence electrons. The number of carbonyl (C=O) groups is 2. The van der Waals surface area contributed by atoms with Gasteiger partial charge in [0.25, 0.3) is 5.91 Å². The molecule has 1 aromatic carbocycles. The Morgan fingerprint density at radius 3 is 2.35 bits per heavy atom. The van der Waals surface area contributed by atoms with E-state index in [1.54, 1.807) is 0 Å². The summed E-state index contributed by atoms with van der Waals surface area (Å²) in [5, 5.41) is 21.0. The van der Waals surface area contributed by atoms with Crippen molar-refractivity contribution in [1.29, 1.82) is 0 Å². The normalized spacial score (nSPS) is 14.0. The van der Waals surface area contributed by atoms with Crippen molar-refractivity contribution in [2.75, 3.05) is 6.54 Å². The fraction of sp³-hybridized carbons (Fsp3) is 0.385. The summed E-state index contributed by atoms with van der Waals surface area (Å²) in [7, 11) is -6.31. The maximum Gasteiger partial charge on any atom is 0.700 e. The molecule has 26 heavy (non-hydrogen) atoms. The third-order valence-electron chi connectivity index (χ3n) is 2.97. The van der Waals surface area contributed by atoms with Gasteiger partial charge in [0, 0.05) is 23.1 Å². The van der Waals surface area contributed by atoms with Gasteiger partial charge in [-0.25, -0.2) is 0 Å². The summed E-state index contributed by atoms with van der Waals surface area (Å²) < 4.78 is 19.1. The zero-order chi connectivity index (χ0) is 19.7. The van der Waals surface area contributed by atoms with Gasteiger partial charge < -0.3 is 25.3 Å². The molecule has 2 atom stereocenters. The molecular formula is C13H18NO10P2+. The summed E-state index contributed by atoms with van der Waals surface area (Å²) in [6, 6.07) is 5.92. The van der Waals surface area contributed by atoms with Gasteiger partial charge in [0.15, 0.2) is 0 Å². The Kier molecular flexibility index (Phi) is 9.14. The number of carboxylic acids is 1. The monoisotopic (exact) mass is 410 g/mol. The van der Waals surface area contributed by atoms with Crippen LogP contribution in [0.2, 0.25) is 0 Å². The van der Waals surface area contributed by atoms with Crippen molar-refractivity contribution in [1.82, 2.24) is 5.32 Å². The minimum Gasteiger partial charge on any atom is -0.481 e. The molecule has 2 unspecified atom stereocenters. The topological polar surface area (TPSA) is 183 Å². The minimum atomic E-state index is -3.26. The number of carboxylic acid groups (broad SMARTS) is 1. The van der Waals surface area contributed by atoms with Crippen molar-refractivity contribution < 1.29 is 48.1 Å². The smallest absolute Gasteiger partial charge is 0.481 e. The summed E-state index contributed by atoms with van der Waals surface area (Å²) in [6.07, 6.45) is -0.566. The number of amides is 1. The highest BCUT2D eigenvalue weighted by atomic mass is 31.2. The van der Waals surface area contributed by atoms with E-state index in [0.29, 0.717) is 5.56 Å². The second kappa shape index (κ2) is 10.6. The molecule has 0 aliphatic carbocycles. The molecule has 0 spiro atoms. The SMILES string of the molecule is O=C(O)Cc1ccc(C(=O)NCCCC(O)(OP(O)O)O[P+](=O)O)cc1. The molecule has 13 heteroatoms. The van der Waals surface area contributed by atoms with Crippen LogP contribution < -0.4 is 5.32 Å². The van der Waals surface area contributed by atoms with E-state index < -0.39 is 41.1 Å². The summed E-state index contributed by atoms with van der Waals surface area (Å²) in [5.41, 5.74) is 0.825. The molecule has 0 aliphatic rings. The molecular weight excluding hydrogens is 392 g/mol. The predicted molar refractivity (Wildman–Crippen MR) is 87.7 cm³/mol. The lowest BCUT2D eigenvalue weighted by atomic mass is 10.1. The Morgan fingerprint density at radius 2 is 1.85 bits per heavy atom. The predicted octanol–water partition coefficient (Wildman–Crippen LogP) is 0.364. The average Bonchev–Trinajstić information content (AvgIpc) is 2.50. The van der Waals surface area contributed by atoms with E-state index in [-0.39, 0.29) is 24.9 Å². The summed E-state index contributed by atoms with van der Waals surface area (Å²) in [4.78, 5) is 48.7. The van der Waals surface area contributed by atoms with Gasteiger partial charge in [0.1, 0.15) is 0 Å². The number of benzene rings is 1. The van der Waals surface area contributed by atoms with Crippen LogP contribution in [-0.2, 0) is 24.8 Å². The maximum absolute atomic E-state index is 11.9. The molecule has 0 aliphatic heterocycles. The fourth-order valence-corrected chi connectivity index (χ4v) is 2.74. The molecule has 0 radical (unpaired) electrons. The Bertz CT molecular complexity index is 638. The Labute approximate surface area is 150 Å². The molecule has 6 N–H and O–H groups in total. The Hall–Kier alpha value is -1.55. The molecule has 0 aromatic heterocycles. The molecule has 0 saturated carbocycles. The van der Waals surface area contributed by atoms with E-state index in [4.69, 9.17) is 19.8 Å². The first-order valence-corrected chi connectivity index (χ1v) is 9.44. The van der Waals surface area contributed by atoms with Crippen LogP contribution in [0.4, 0.5) is 0 Å². The second-order valence-electron chi connectivity index (χ2n) is 5.01. The lowest BCUT2D eigenvalue weighted by Gasteiger charge is -2.21. The van der Waals surface area contributed by atoms with Gasteiger partial charge >= 0.3 is 28.8 Å². The van der Waals surface area contributed by atoms with Crippen LogP contribution in [-0.4, -0.2) is 49.3 Å². The number of hydrogen-bond donors (Lipinski definition) is 6. The average molecular weight is 410 g/mol. The van der Waals surface area contributed by atoms with E-state index in [9.17, 15) is 19.3 Å². The van der Waals surface area contributed by atoms with Gasteiger partial charge in [0.05, 0.1) is 6.42 Å². The highest BCUT2D eigenvalue weighted by molar-refractivity contribution is 7.39. The van der Waals surface area contributed by atoms with Crippen LogP contribution >= 0.6 is 16.9 Å². The number of hydrogen-bond acceptors (Lipinski definition) is 8. The van der Waals surface area contributed by atoms with Crippen molar-refractivity contribution in [3.8, 4) is 0 Å². The lowest BCUT2D eigenvalue weighted by molar-refractivity contribution is -0.279. The van der Waals surface area contributed by atoms with Crippen molar-refractivity contribution in [3.05, 3.63) is 35.4 Å². The Morgan fingerprint density at radius 1 is 1.23 bits per heavy atom. The van der Waals surface area contributed by atoms with E-state index in [1.165, 1.54) is 24.3 Å². The first-order chi connectivity index (χ1) is 12.1. The van der Waals surface area contributed by atoms with Crippen molar-refractivity contribution >= 4 is 28.7 Å². The van der Waals surface area contributed by atoms with Crippen LogP contribution in [0, 0.1) is 0 Å². The van der Waals surface area contributed by atoms with Crippen molar-refractivity contribution in [3.63, 3.8) is 0 Å². The van der Waals surface area contributed by atoms with E-state index in [0.717, 1.165) is 0 Å². The van der Waals surface area contributed by atoms with E-state index in [2.05, 4.69) is 14.4 Å². The maximum atomic E-state index is 11.9. The quantitative estimate of drug-likeness (QED) is 0.169. The van der Waals surface area contributed by atoms with Crippen LogP contribution in [0.5, 0.6) is 0 Å². The summed E-state index contributed by atoms with van der Waals surface area (Å²) >= 11 is 0. The second-order valence-corrected chi connectivity index (χ2v) is 6.36. The number of aliphatic hydroxyl groups is 1. The number of rotatable bonds is 11. The molecule has 11 nitrogen and oxygen atoms in total. The largest absolute Gasteiger partial charge is 0.700 e. The van der Waals surface area contributed by atoms with Crippen LogP contribution in [0.1, 0.15) is 28.8 Å². The number of nitrogens with one attached hydrogen (secondary N) is 1. The van der Waals surface area contributed by atoms with Crippen LogP contribution in [0.3, 0.4) is 0 Å². The minimum absolute atomic E-state index is 0.0156. The zero-order valence-electron chi connectivity index (χ0n) is 13.3. The first kappa shape index (κ1) is 22.5. The van der Waals surface area contributed by atoms with Crippen LogP contribution in [0.15, 0.2) is 24.3 Å². The molecule has 0 bridgehead atoms. The van der Waals surface area contributed by atoms with E-state index in [1.807, 2.05) is 0 Å². The summed E-state index contributed by atoms with van der Waals surface area (Å²) in [5.74, 6) is -4.13. The third-order valence-corrected chi connectivity index (χ3v) is 3.86.